The molecule has 0 saturated carbocycles. The lowest BCUT2D eigenvalue weighted by Crippen LogP contribution is -2.09. The molecule has 0 aliphatic rings. The maximum atomic E-state index is 13.5. The van der Waals surface area contributed by atoms with Gasteiger partial charge in [0.2, 0.25) is 0 Å². The Hall–Kier alpha value is -2.05. The van der Waals surface area contributed by atoms with Gasteiger partial charge in [0, 0.05) is 12.3 Å². The van der Waals surface area contributed by atoms with Gasteiger partial charge in [0.25, 0.3) is 0 Å². The molecule has 0 saturated heterocycles. The summed E-state index contributed by atoms with van der Waals surface area (Å²) < 4.78 is 19.5. The quantitative estimate of drug-likeness (QED) is 0.746. The Morgan fingerprint density at radius 1 is 1.29 bits per heavy atom. The molecule has 0 aromatic heterocycles. The molecule has 108 valence electrons. The molecule has 21 heavy (non-hydrogen) atoms. The van der Waals surface area contributed by atoms with Crippen LogP contribution < -0.4 is 4.74 Å². The zero-order valence-corrected chi connectivity index (χ0v) is 12.4. The molecule has 2 nitrogen and oxygen atoms in total. The van der Waals surface area contributed by atoms with E-state index >= 15 is 0 Å². The van der Waals surface area contributed by atoms with E-state index in [9.17, 15) is 4.39 Å². The van der Waals surface area contributed by atoms with Gasteiger partial charge in [-0.15, -0.1) is 11.6 Å². The van der Waals surface area contributed by atoms with Crippen LogP contribution in [0.5, 0.6) is 5.75 Å². The molecule has 2 rings (SSSR count). The van der Waals surface area contributed by atoms with Gasteiger partial charge in [-0.2, -0.15) is 5.26 Å². The number of hydrogen-bond acceptors (Lipinski definition) is 2. The number of nitrogens with zero attached hydrogens (tertiary/aromatic N) is 1. The Balaban J connectivity index is 2.34. The first-order valence-corrected chi connectivity index (χ1v) is 7.17. The van der Waals surface area contributed by atoms with Crippen LogP contribution in [0.1, 0.15) is 29.2 Å². The first kappa shape index (κ1) is 15.3. The Labute approximate surface area is 128 Å². The number of nitriles is 1. The van der Waals surface area contributed by atoms with Gasteiger partial charge >= 0.3 is 0 Å². The molecule has 0 heterocycles. The molecule has 2 aromatic carbocycles. The van der Waals surface area contributed by atoms with Crippen LogP contribution in [0.3, 0.4) is 0 Å². The highest BCUT2D eigenvalue weighted by Crippen LogP contribution is 2.29. The number of hydrogen-bond donors (Lipinski definition) is 0. The molecular weight excluding hydrogens is 289 g/mol. The third-order valence-corrected chi connectivity index (χ3v) is 3.41. The summed E-state index contributed by atoms with van der Waals surface area (Å²) in [6.07, 6.45) is 0.341. The van der Waals surface area contributed by atoms with Gasteiger partial charge in [0.05, 0.1) is 5.56 Å². The molecule has 0 aliphatic carbocycles. The normalized spacial score (nSPS) is 11.7. The lowest BCUT2D eigenvalue weighted by Gasteiger charge is -2.20. The Morgan fingerprint density at radius 3 is 2.62 bits per heavy atom. The lowest BCUT2D eigenvalue weighted by atomic mass is 10.1. The molecule has 0 fully saturated rings. The van der Waals surface area contributed by atoms with E-state index in [2.05, 4.69) is 0 Å². The molecule has 4 heteroatoms. The van der Waals surface area contributed by atoms with Crippen LogP contribution in [0.15, 0.2) is 42.5 Å². The predicted octanol–water partition coefficient (Wildman–Crippen LogP) is 4.75. The van der Waals surface area contributed by atoms with Gasteiger partial charge in [-0.3, -0.25) is 0 Å². The van der Waals surface area contributed by atoms with Crippen molar-refractivity contribution in [2.75, 3.05) is 5.88 Å². The SMILES string of the molecule is Cc1cc(O[C@H](CCCl)c2ccccc2)c(C#N)cc1F. The minimum absolute atomic E-state index is 0.189. The smallest absolute Gasteiger partial charge is 0.138 e. The summed E-state index contributed by atoms with van der Waals surface area (Å²) in [7, 11) is 0. The largest absolute Gasteiger partial charge is 0.484 e. The predicted molar refractivity (Wildman–Crippen MR) is 81.0 cm³/mol. The summed E-state index contributed by atoms with van der Waals surface area (Å²) in [5.74, 6) is 0.407. The van der Waals surface area contributed by atoms with Crippen LogP contribution in [-0.2, 0) is 0 Å². The van der Waals surface area contributed by atoms with Gasteiger partial charge in [0.1, 0.15) is 23.7 Å². The molecule has 0 aliphatic heterocycles. The van der Waals surface area contributed by atoms with Gasteiger partial charge in [-0.25, -0.2) is 4.39 Å². The second kappa shape index (κ2) is 7.10. The average Bonchev–Trinajstić information content (AvgIpc) is 2.51. The van der Waals surface area contributed by atoms with Gasteiger partial charge in [-0.05, 0) is 30.2 Å². The molecular formula is C17H15ClFNO. The fraction of sp³-hybridized carbons (Fsp3) is 0.235. The van der Waals surface area contributed by atoms with Crippen molar-refractivity contribution in [3.63, 3.8) is 0 Å². The summed E-state index contributed by atoms with van der Waals surface area (Å²) in [5.41, 5.74) is 1.61. The average molecular weight is 304 g/mol. The van der Waals surface area contributed by atoms with E-state index in [0.717, 1.165) is 5.56 Å². The number of ether oxygens (including phenoxy) is 1. The summed E-state index contributed by atoms with van der Waals surface area (Å²) in [6.45, 7) is 1.64. The summed E-state index contributed by atoms with van der Waals surface area (Å²) in [4.78, 5) is 0. The third kappa shape index (κ3) is 3.74. The molecule has 1 atom stereocenters. The van der Waals surface area contributed by atoms with Crippen molar-refractivity contribution >= 4 is 11.6 Å². The summed E-state index contributed by atoms with van der Waals surface area (Å²) in [5, 5.41) is 9.12. The maximum Gasteiger partial charge on any atom is 0.138 e. The Bertz CT molecular complexity index is 652. The van der Waals surface area contributed by atoms with Crippen molar-refractivity contribution in [2.24, 2.45) is 0 Å². The van der Waals surface area contributed by atoms with E-state index in [1.54, 1.807) is 13.0 Å². The molecule has 2 aromatic rings. The third-order valence-electron chi connectivity index (χ3n) is 3.19. The molecule has 0 unspecified atom stereocenters. The molecule has 0 radical (unpaired) electrons. The number of halogens is 2. The van der Waals surface area contributed by atoms with Crippen LogP contribution in [0.2, 0.25) is 0 Å². The zero-order valence-electron chi connectivity index (χ0n) is 11.6. The van der Waals surface area contributed by atoms with Crippen LogP contribution in [-0.4, -0.2) is 5.88 Å². The van der Waals surface area contributed by atoms with Crippen LogP contribution >= 0.6 is 11.6 Å². The van der Waals surface area contributed by atoms with Gasteiger partial charge in [-0.1, -0.05) is 30.3 Å². The van der Waals surface area contributed by atoms with Gasteiger partial charge in [0.15, 0.2) is 0 Å². The fourth-order valence-electron chi connectivity index (χ4n) is 2.05. The fourth-order valence-corrected chi connectivity index (χ4v) is 2.25. The molecule has 0 spiro atoms. The van der Waals surface area contributed by atoms with E-state index in [1.807, 2.05) is 36.4 Å². The minimum atomic E-state index is -0.410. The Morgan fingerprint density at radius 2 is 2.00 bits per heavy atom. The molecule has 0 bridgehead atoms. The van der Waals surface area contributed by atoms with Crippen molar-refractivity contribution < 1.29 is 9.13 Å². The number of rotatable bonds is 5. The number of alkyl halides is 1. The van der Waals surface area contributed by atoms with Crippen LogP contribution in [0.4, 0.5) is 4.39 Å². The lowest BCUT2D eigenvalue weighted by molar-refractivity contribution is 0.201. The maximum absolute atomic E-state index is 13.5. The highest BCUT2D eigenvalue weighted by Gasteiger charge is 2.16. The molecule has 0 N–H and O–H groups in total. The van der Waals surface area contributed by atoms with Crippen molar-refractivity contribution in [1.82, 2.24) is 0 Å². The highest BCUT2D eigenvalue weighted by molar-refractivity contribution is 6.17. The molecule has 0 amide bonds. The zero-order chi connectivity index (χ0) is 15.2. The second-order valence-corrected chi connectivity index (χ2v) is 5.08. The summed E-state index contributed by atoms with van der Waals surface area (Å²) >= 11 is 5.84. The number of aryl methyl sites for hydroxylation is 1. The van der Waals surface area contributed by atoms with Crippen molar-refractivity contribution in [3.8, 4) is 11.8 Å². The van der Waals surface area contributed by atoms with Crippen molar-refractivity contribution in [3.05, 3.63) is 65.0 Å². The van der Waals surface area contributed by atoms with Crippen molar-refractivity contribution in [1.29, 1.82) is 5.26 Å². The highest BCUT2D eigenvalue weighted by atomic mass is 35.5. The first-order chi connectivity index (χ1) is 10.2. The van der Waals surface area contributed by atoms with E-state index in [-0.39, 0.29) is 11.7 Å². The van der Waals surface area contributed by atoms with Gasteiger partial charge < -0.3 is 4.74 Å². The monoisotopic (exact) mass is 303 g/mol. The second-order valence-electron chi connectivity index (χ2n) is 4.70. The van der Waals surface area contributed by atoms with E-state index < -0.39 is 5.82 Å². The van der Waals surface area contributed by atoms with Crippen molar-refractivity contribution in [2.45, 2.75) is 19.4 Å². The summed E-state index contributed by atoms with van der Waals surface area (Å²) in [6, 6.07) is 14.4. The van der Waals surface area contributed by atoms with E-state index in [0.29, 0.717) is 23.6 Å². The van der Waals surface area contributed by atoms with Crippen LogP contribution in [0, 0.1) is 24.1 Å². The first-order valence-electron chi connectivity index (χ1n) is 6.63. The Kier molecular flexibility index (Phi) is 5.19. The number of benzene rings is 2. The van der Waals surface area contributed by atoms with Crippen LogP contribution in [0.25, 0.3) is 0 Å². The minimum Gasteiger partial charge on any atom is -0.484 e. The van der Waals surface area contributed by atoms with E-state index in [1.165, 1.54) is 6.07 Å². The standard InChI is InChI=1S/C17H15ClFNO/c1-12-9-17(14(11-20)10-15(12)19)21-16(7-8-18)13-5-3-2-4-6-13/h2-6,9-10,16H,7-8H2,1H3/t16-/m1/s1. The van der Waals surface area contributed by atoms with E-state index in [4.69, 9.17) is 21.6 Å². The topological polar surface area (TPSA) is 33.0 Å².